The first-order valence-electron chi connectivity index (χ1n) is 7.88. The van der Waals surface area contributed by atoms with Crippen LogP contribution in [0.5, 0.6) is 0 Å². The van der Waals surface area contributed by atoms with Gasteiger partial charge in [-0.3, -0.25) is 4.79 Å². The van der Waals surface area contributed by atoms with Crippen LogP contribution in [0.2, 0.25) is 0 Å². The zero-order valence-electron chi connectivity index (χ0n) is 12.2. The summed E-state index contributed by atoms with van der Waals surface area (Å²) in [4.78, 5) is 26.1. The van der Waals surface area contributed by atoms with E-state index in [0.717, 1.165) is 19.3 Å². The molecule has 6 nitrogen and oxygen atoms in total. The van der Waals surface area contributed by atoms with Gasteiger partial charge in [-0.25, -0.2) is 4.79 Å². The molecule has 3 aliphatic rings. The van der Waals surface area contributed by atoms with Gasteiger partial charge < -0.3 is 19.2 Å². The number of hydrogen-bond donors (Lipinski definition) is 1. The Labute approximate surface area is 128 Å². The second-order valence-electron chi connectivity index (χ2n) is 6.43. The highest BCUT2D eigenvalue weighted by atomic mass is 16.5. The molecule has 6 heteroatoms. The summed E-state index contributed by atoms with van der Waals surface area (Å²) in [6.07, 6.45) is 4.83. The van der Waals surface area contributed by atoms with Crippen molar-refractivity contribution in [2.24, 2.45) is 11.8 Å². The van der Waals surface area contributed by atoms with E-state index in [2.05, 4.69) is 0 Å². The van der Waals surface area contributed by atoms with Crippen molar-refractivity contribution in [3.8, 4) is 0 Å². The summed E-state index contributed by atoms with van der Waals surface area (Å²) < 4.78 is 11.1. The predicted molar refractivity (Wildman–Crippen MR) is 75.1 cm³/mol. The molecule has 2 fully saturated rings. The molecule has 1 aliphatic carbocycles. The number of ether oxygens (including phenoxy) is 1. The Hall–Kier alpha value is -1.82. The lowest BCUT2D eigenvalue weighted by Gasteiger charge is -2.34. The Bertz CT molecular complexity index is 609. The average molecular weight is 305 g/mol. The summed E-state index contributed by atoms with van der Waals surface area (Å²) in [5.74, 6) is 0.201. The smallest absolute Gasteiger partial charge is 0.331 e. The molecule has 0 radical (unpaired) electrons. The third-order valence-electron chi connectivity index (χ3n) is 5.32. The molecule has 3 heterocycles. The van der Waals surface area contributed by atoms with Crippen molar-refractivity contribution in [2.75, 3.05) is 13.2 Å². The van der Waals surface area contributed by atoms with Gasteiger partial charge in [0, 0.05) is 18.5 Å². The highest BCUT2D eigenvalue weighted by molar-refractivity contribution is 5.88. The number of fused-ring (bicyclic) bond motifs is 2. The maximum atomic E-state index is 12.9. The molecule has 1 amide bonds. The maximum absolute atomic E-state index is 12.9. The quantitative estimate of drug-likeness (QED) is 0.898. The van der Waals surface area contributed by atoms with Crippen molar-refractivity contribution in [3.63, 3.8) is 0 Å². The number of rotatable bonds is 2. The van der Waals surface area contributed by atoms with Crippen LogP contribution in [-0.4, -0.2) is 41.1 Å². The largest absolute Gasteiger partial charge is 0.479 e. The van der Waals surface area contributed by atoms with Gasteiger partial charge in [0.2, 0.25) is 0 Å². The summed E-state index contributed by atoms with van der Waals surface area (Å²) in [7, 11) is 0. The van der Waals surface area contributed by atoms with Crippen molar-refractivity contribution in [1.29, 1.82) is 0 Å². The molecule has 0 spiro atoms. The zero-order valence-corrected chi connectivity index (χ0v) is 12.2. The van der Waals surface area contributed by atoms with Gasteiger partial charge in [-0.05, 0) is 30.7 Å². The van der Waals surface area contributed by atoms with E-state index >= 15 is 0 Å². The van der Waals surface area contributed by atoms with Crippen molar-refractivity contribution in [1.82, 2.24) is 4.90 Å². The first-order valence-corrected chi connectivity index (χ1v) is 7.88. The Balaban J connectivity index is 1.61. The molecule has 1 aromatic heterocycles. The third-order valence-corrected chi connectivity index (χ3v) is 5.32. The molecule has 4 rings (SSSR count). The van der Waals surface area contributed by atoms with Gasteiger partial charge in [0.05, 0.1) is 12.9 Å². The van der Waals surface area contributed by atoms with Crippen molar-refractivity contribution < 1.29 is 23.8 Å². The topological polar surface area (TPSA) is 80.0 Å². The number of aliphatic carboxylic acids is 1. The van der Waals surface area contributed by atoms with Gasteiger partial charge >= 0.3 is 5.97 Å². The molecule has 0 aromatic carbocycles. The molecule has 4 atom stereocenters. The Morgan fingerprint density at radius 2 is 2.18 bits per heavy atom. The van der Waals surface area contributed by atoms with E-state index in [1.54, 1.807) is 6.07 Å². The van der Waals surface area contributed by atoms with E-state index in [4.69, 9.17) is 9.15 Å². The average Bonchev–Trinajstić information content (AvgIpc) is 3.20. The Morgan fingerprint density at radius 3 is 3.00 bits per heavy atom. The van der Waals surface area contributed by atoms with Crippen molar-refractivity contribution >= 4 is 11.9 Å². The van der Waals surface area contributed by atoms with Gasteiger partial charge in [0.1, 0.15) is 11.9 Å². The van der Waals surface area contributed by atoms with Crippen LogP contribution in [0.1, 0.15) is 36.6 Å². The molecule has 1 aromatic rings. The molecule has 2 aliphatic heterocycles. The van der Waals surface area contributed by atoms with Crippen molar-refractivity contribution in [3.05, 3.63) is 23.7 Å². The second kappa shape index (κ2) is 5.12. The number of carboxylic acid groups (broad SMARTS) is 1. The first-order chi connectivity index (χ1) is 10.7. The van der Waals surface area contributed by atoms with Crippen LogP contribution in [0.3, 0.4) is 0 Å². The third kappa shape index (κ3) is 1.97. The van der Waals surface area contributed by atoms with Crippen LogP contribution in [0.4, 0.5) is 0 Å². The van der Waals surface area contributed by atoms with Gasteiger partial charge in [0.15, 0.2) is 6.04 Å². The summed E-state index contributed by atoms with van der Waals surface area (Å²) in [5.41, 5.74) is 0.591. The molecule has 1 saturated heterocycles. The minimum Gasteiger partial charge on any atom is -0.479 e. The maximum Gasteiger partial charge on any atom is 0.331 e. The van der Waals surface area contributed by atoms with E-state index in [1.807, 2.05) is 0 Å². The van der Waals surface area contributed by atoms with Crippen LogP contribution in [0.15, 0.2) is 16.7 Å². The molecule has 1 saturated carbocycles. The lowest BCUT2D eigenvalue weighted by atomic mass is 9.92. The molecule has 22 heavy (non-hydrogen) atoms. The molecular formula is C16H19NO5. The minimum atomic E-state index is -1.02. The number of nitrogens with zero attached hydrogens (tertiary/aromatic N) is 1. The molecule has 0 bridgehead atoms. The van der Waals surface area contributed by atoms with Crippen LogP contribution >= 0.6 is 0 Å². The summed E-state index contributed by atoms with van der Waals surface area (Å²) in [5, 5.41) is 9.58. The minimum absolute atomic E-state index is 0.173. The molecular weight excluding hydrogens is 286 g/mol. The number of hydrogen-bond acceptors (Lipinski definition) is 4. The molecule has 1 N–H and O–H groups in total. The lowest BCUT2D eigenvalue weighted by Crippen LogP contribution is -2.48. The summed E-state index contributed by atoms with van der Waals surface area (Å²) >= 11 is 0. The van der Waals surface area contributed by atoms with Crippen LogP contribution in [0.25, 0.3) is 0 Å². The summed E-state index contributed by atoms with van der Waals surface area (Å²) in [6.45, 7) is 0.997. The standard InChI is InChI=1S/C16H19NO5/c18-15(14-10-3-1-2-9(10)8-22-14)17-6-4-12-11(5-7-21-12)13(17)16(19)20/h5,7,9-10,13-14H,1-4,6,8H2,(H,19,20)/t9-,10-,13?,14+/m0/s1. The predicted octanol–water partition coefficient (Wildman–Crippen LogP) is 1.61. The van der Waals surface area contributed by atoms with Crippen molar-refractivity contribution in [2.45, 2.75) is 37.8 Å². The number of carbonyl (C=O) groups excluding carboxylic acids is 1. The zero-order chi connectivity index (χ0) is 15.3. The fraction of sp³-hybridized carbons (Fsp3) is 0.625. The second-order valence-corrected chi connectivity index (χ2v) is 6.43. The van der Waals surface area contributed by atoms with Gasteiger partial charge in [0.25, 0.3) is 5.91 Å². The van der Waals surface area contributed by atoms with Crippen LogP contribution < -0.4 is 0 Å². The highest BCUT2D eigenvalue weighted by Crippen LogP contribution is 2.42. The first kappa shape index (κ1) is 13.8. The number of furan rings is 1. The summed E-state index contributed by atoms with van der Waals surface area (Å²) in [6, 6.07) is 0.695. The lowest BCUT2D eigenvalue weighted by molar-refractivity contribution is -0.156. The van der Waals surface area contributed by atoms with Gasteiger partial charge in [-0.15, -0.1) is 0 Å². The Morgan fingerprint density at radius 1 is 1.32 bits per heavy atom. The fourth-order valence-electron chi connectivity index (χ4n) is 4.26. The van der Waals surface area contributed by atoms with Crippen LogP contribution in [0, 0.1) is 11.8 Å². The number of carboxylic acids is 1. The fourth-order valence-corrected chi connectivity index (χ4v) is 4.26. The van der Waals surface area contributed by atoms with Crippen LogP contribution in [-0.2, 0) is 20.7 Å². The van der Waals surface area contributed by atoms with E-state index in [-0.39, 0.29) is 11.8 Å². The van der Waals surface area contributed by atoms with Gasteiger partial charge in [-0.1, -0.05) is 6.42 Å². The normalized spacial score (nSPS) is 33.5. The number of amides is 1. The van der Waals surface area contributed by atoms with E-state index in [1.165, 1.54) is 11.2 Å². The Kier molecular flexibility index (Phi) is 3.22. The van der Waals surface area contributed by atoms with E-state index < -0.39 is 18.1 Å². The van der Waals surface area contributed by atoms with E-state index in [9.17, 15) is 14.7 Å². The number of carbonyl (C=O) groups is 2. The molecule has 1 unspecified atom stereocenters. The SMILES string of the molecule is O=C(O)C1c2ccoc2CCN1C(=O)[C@@H]1OC[C@@H]2CCC[C@@H]21. The van der Waals surface area contributed by atoms with E-state index in [0.29, 0.717) is 36.8 Å². The highest BCUT2D eigenvalue weighted by Gasteiger charge is 2.48. The molecule has 118 valence electrons. The monoisotopic (exact) mass is 305 g/mol. The van der Waals surface area contributed by atoms with Gasteiger partial charge in [-0.2, -0.15) is 0 Å².